The van der Waals surface area contributed by atoms with Crippen LogP contribution in [-0.4, -0.2) is 19.2 Å². The second kappa shape index (κ2) is 4.03. The molecule has 2 unspecified atom stereocenters. The van der Waals surface area contributed by atoms with Crippen LogP contribution in [0.3, 0.4) is 0 Å². The summed E-state index contributed by atoms with van der Waals surface area (Å²) in [6, 6.07) is 7.42. The molecule has 3 nitrogen and oxygen atoms in total. The number of carbonyl (C=O) groups excluding carboxylic acids is 1. The van der Waals surface area contributed by atoms with Crippen LogP contribution in [0.5, 0.6) is 0 Å². The van der Waals surface area contributed by atoms with Crippen molar-refractivity contribution in [1.29, 1.82) is 0 Å². The quantitative estimate of drug-likeness (QED) is 0.562. The number of esters is 1. The van der Waals surface area contributed by atoms with Crippen molar-refractivity contribution in [3.05, 3.63) is 35.4 Å². The van der Waals surface area contributed by atoms with E-state index in [1.165, 1.54) is 7.11 Å². The molecule has 0 saturated carbocycles. The molecule has 0 N–H and O–H groups in total. The van der Waals surface area contributed by atoms with Crippen LogP contribution in [0, 0.1) is 0 Å². The summed E-state index contributed by atoms with van der Waals surface area (Å²) in [7, 11) is 1.39. The maximum Gasteiger partial charge on any atom is 0.337 e. The average molecular weight is 206 g/mol. The molecule has 1 aliphatic rings. The van der Waals surface area contributed by atoms with Crippen molar-refractivity contribution in [2.75, 3.05) is 7.11 Å². The standard InChI is InChI=1S/C12H14O3/c1-3-10-11(15-10)8-5-4-6-9(7-8)12(13)14-2/h4-7,10-11H,3H2,1-2H3. The van der Waals surface area contributed by atoms with E-state index in [0.717, 1.165) is 12.0 Å². The number of benzene rings is 1. The molecule has 1 saturated heterocycles. The second-order valence-corrected chi connectivity index (χ2v) is 3.62. The Morgan fingerprint density at radius 3 is 2.93 bits per heavy atom. The number of carbonyl (C=O) groups is 1. The largest absolute Gasteiger partial charge is 0.465 e. The summed E-state index contributed by atoms with van der Waals surface area (Å²) in [5.41, 5.74) is 1.64. The number of hydrogen-bond donors (Lipinski definition) is 0. The average Bonchev–Trinajstić information content (AvgIpc) is 3.07. The molecule has 0 aromatic heterocycles. The fraction of sp³-hybridized carbons (Fsp3) is 0.417. The van der Waals surface area contributed by atoms with Gasteiger partial charge in [-0.3, -0.25) is 0 Å². The first-order valence-electron chi connectivity index (χ1n) is 5.10. The summed E-state index contributed by atoms with van der Waals surface area (Å²) >= 11 is 0. The Balaban J connectivity index is 2.17. The second-order valence-electron chi connectivity index (χ2n) is 3.62. The number of epoxide rings is 1. The normalized spacial score (nSPS) is 23.6. The topological polar surface area (TPSA) is 38.8 Å². The predicted octanol–water partition coefficient (Wildman–Crippen LogP) is 2.32. The zero-order chi connectivity index (χ0) is 10.8. The predicted molar refractivity (Wildman–Crippen MR) is 55.7 cm³/mol. The third-order valence-corrected chi connectivity index (χ3v) is 2.62. The lowest BCUT2D eigenvalue weighted by molar-refractivity contribution is 0.0600. The van der Waals surface area contributed by atoms with Gasteiger partial charge in [-0.1, -0.05) is 19.1 Å². The zero-order valence-electron chi connectivity index (χ0n) is 8.90. The first-order chi connectivity index (χ1) is 7.26. The molecule has 3 heteroatoms. The van der Waals surface area contributed by atoms with Gasteiger partial charge in [-0.25, -0.2) is 4.79 Å². The van der Waals surface area contributed by atoms with Gasteiger partial charge < -0.3 is 9.47 Å². The number of hydrogen-bond acceptors (Lipinski definition) is 3. The van der Waals surface area contributed by atoms with Gasteiger partial charge in [0.05, 0.1) is 18.8 Å². The highest BCUT2D eigenvalue weighted by molar-refractivity contribution is 5.89. The minimum absolute atomic E-state index is 0.166. The van der Waals surface area contributed by atoms with Crippen LogP contribution in [0.2, 0.25) is 0 Å². The van der Waals surface area contributed by atoms with Crippen molar-refractivity contribution in [3.63, 3.8) is 0 Å². The zero-order valence-corrected chi connectivity index (χ0v) is 8.90. The fourth-order valence-corrected chi connectivity index (χ4v) is 1.71. The van der Waals surface area contributed by atoms with Gasteiger partial charge in [0, 0.05) is 0 Å². The lowest BCUT2D eigenvalue weighted by atomic mass is 10.1. The van der Waals surface area contributed by atoms with E-state index < -0.39 is 0 Å². The molecule has 2 rings (SSSR count). The van der Waals surface area contributed by atoms with Crippen molar-refractivity contribution in [3.8, 4) is 0 Å². The van der Waals surface area contributed by atoms with Crippen LogP contribution >= 0.6 is 0 Å². The molecule has 0 bridgehead atoms. The van der Waals surface area contributed by atoms with Crippen LogP contribution in [0.25, 0.3) is 0 Å². The fourth-order valence-electron chi connectivity index (χ4n) is 1.71. The molecular formula is C12H14O3. The van der Waals surface area contributed by atoms with Crippen LogP contribution in [0.15, 0.2) is 24.3 Å². The van der Waals surface area contributed by atoms with Gasteiger partial charge in [-0.05, 0) is 24.1 Å². The van der Waals surface area contributed by atoms with E-state index in [1.54, 1.807) is 6.07 Å². The minimum atomic E-state index is -0.300. The Morgan fingerprint density at radius 1 is 1.53 bits per heavy atom. The van der Waals surface area contributed by atoms with Crippen molar-refractivity contribution in [1.82, 2.24) is 0 Å². The van der Waals surface area contributed by atoms with E-state index in [0.29, 0.717) is 11.7 Å². The molecular weight excluding hydrogens is 192 g/mol. The maximum atomic E-state index is 11.3. The molecule has 15 heavy (non-hydrogen) atoms. The van der Waals surface area contributed by atoms with E-state index >= 15 is 0 Å². The number of methoxy groups -OCH3 is 1. The molecule has 1 aliphatic heterocycles. The Labute approximate surface area is 89.0 Å². The van der Waals surface area contributed by atoms with Gasteiger partial charge in [0.2, 0.25) is 0 Å². The molecule has 80 valence electrons. The Kier molecular flexibility index (Phi) is 2.73. The van der Waals surface area contributed by atoms with Gasteiger partial charge in [0.1, 0.15) is 6.10 Å². The van der Waals surface area contributed by atoms with E-state index in [9.17, 15) is 4.79 Å². The van der Waals surface area contributed by atoms with E-state index in [-0.39, 0.29) is 12.1 Å². The third-order valence-electron chi connectivity index (χ3n) is 2.62. The van der Waals surface area contributed by atoms with Crippen molar-refractivity contribution in [2.24, 2.45) is 0 Å². The van der Waals surface area contributed by atoms with Crippen molar-refractivity contribution < 1.29 is 14.3 Å². The van der Waals surface area contributed by atoms with Gasteiger partial charge in [-0.15, -0.1) is 0 Å². The first kappa shape index (κ1) is 10.2. The highest BCUT2D eigenvalue weighted by Gasteiger charge is 2.38. The number of rotatable bonds is 3. The molecule has 0 spiro atoms. The van der Waals surface area contributed by atoms with Crippen LogP contribution in [-0.2, 0) is 9.47 Å². The monoisotopic (exact) mass is 206 g/mol. The van der Waals surface area contributed by atoms with Crippen LogP contribution in [0.1, 0.15) is 35.4 Å². The lowest BCUT2D eigenvalue weighted by Gasteiger charge is -2.01. The van der Waals surface area contributed by atoms with E-state index in [2.05, 4.69) is 11.7 Å². The third kappa shape index (κ3) is 2.02. The molecule has 1 aromatic carbocycles. The Morgan fingerprint density at radius 2 is 2.33 bits per heavy atom. The summed E-state index contributed by atoms with van der Waals surface area (Å²) < 4.78 is 10.1. The van der Waals surface area contributed by atoms with Crippen molar-refractivity contribution >= 4 is 5.97 Å². The maximum absolute atomic E-state index is 11.3. The number of ether oxygens (including phenoxy) is 2. The van der Waals surface area contributed by atoms with Gasteiger partial charge in [-0.2, -0.15) is 0 Å². The van der Waals surface area contributed by atoms with Crippen LogP contribution < -0.4 is 0 Å². The van der Waals surface area contributed by atoms with Gasteiger partial charge in [0.25, 0.3) is 0 Å². The highest BCUT2D eigenvalue weighted by Crippen LogP contribution is 2.40. The first-order valence-corrected chi connectivity index (χ1v) is 5.10. The minimum Gasteiger partial charge on any atom is -0.465 e. The van der Waals surface area contributed by atoms with Gasteiger partial charge in [0.15, 0.2) is 0 Å². The SMILES string of the molecule is CCC1OC1c1cccc(C(=O)OC)c1. The summed E-state index contributed by atoms with van der Waals surface area (Å²) in [6.07, 6.45) is 1.49. The molecule has 2 atom stereocenters. The van der Waals surface area contributed by atoms with Gasteiger partial charge >= 0.3 is 5.97 Å². The summed E-state index contributed by atoms with van der Waals surface area (Å²) in [6.45, 7) is 2.09. The Hall–Kier alpha value is -1.35. The smallest absolute Gasteiger partial charge is 0.337 e. The molecule has 0 amide bonds. The van der Waals surface area contributed by atoms with Crippen LogP contribution in [0.4, 0.5) is 0 Å². The van der Waals surface area contributed by atoms with Crippen molar-refractivity contribution in [2.45, 2.75) is 25.6 Å². The Bertz CT molecular complexity index is 373. The summed E-state index contributed by atoms with van der Waals surface area (Å²) in [5, 5.41) is 0. The highest BCUT2D eigenvalue weighted by atomic mass is 16.6. The van der Waals surface area contributed by atoms with E-state index in [1.807, 2.05) is 18.2 Å². The molecule has 1 fully saturated rings. The molecule has 1 aromatic rings. The molecule has 0 aliphatic carbocycles. The summed E-state index contributed by atoms with van der Waals surface area (Å²) in [5.74, 6) is -0.300. The van der Waals surface area contributed by atoms with E-state index in [4.69, 9.17) is 4.74 Å². The summed E-state index contributed by atoms with van der Waals surface area (Å²) in [4.78, 5) is 11.3. The molecule has 0 radical (unpaired) electrons. The lowest BCUT2D eigenvalue weighted by Crippen LogP contribution is -2.01. The molecule has 1 heterocycles.